The van der Waals surface area contributed by atoms with E-state index in [0.717, 1.165) is 17.7 Å². The SMILES string of the molecule is COc1ccc([C@H]2CC(=O)C3=C(C2)Nc2nc(N)nn2[C@@H]3c2ccc(C(F)(F)F)cc2)cc1OC. The number of methoxy groups -OCH3 is 2. The number of Topliss-reactive ketones (excluding diaryl/α,β-unsaturated/α-hetero) is 1. The fourth-order valence-corrected chi connectivity index (χ4v) is 4.73. The van der Waals surface area contributed by atoms with Crippen LogP contribution in [0.15, 0.2) is 53.7 Å². The fraction of sp³-hybridized carbons (Fsp3) is 0.292. The van der Waals surface area contributed by atoms with Gasteiger partial charge >= 0.3 is 6.18 Å². The van der Waals surface area contributed by atoms with E-state index in [1.807, 2.05) is 12.1 Å². The fourth-order valence-electron chi connectivity index (χ4n) is 4.73. The van der Waals surface area contributed by atoms with E-state index in [1.54, 1.807) is 20.3 Å². The smallest absolute Gasteiger partial charge is 0.416 e. The van der Waals surface area contributed by atoms with Crippen molar-refractivity contribution < 1.29 is 27.4 Å². The van der Waals surface area contributed by atoms with Gasteiger partial charge in [0.15, 0.2) is 17.3 Å². The number of aromatic nitrogens is 3. The predicted octanol–water partition coefficient (Wildman–Crippen LogP) is 4.31. The third kappa shape index (κ3) is 3.96. The summed E-state index contributed by atoms with van der Waals surface area (Å²) in [6.45, 7) is 0. The molecule has 3 aromatic rings. The Morgan fingerprint density at radius 3 is 2.37 bits per heavy atom. The number of halogens is 3. The number of nitrogens with one attached hydrogen (secondary N) is 1. The van der Waals surface area contributed by atoms with E-state index in [2.05, 4.69) is 15.4 Å². The zero-order valence-corrected chi connectivity index (χ0v) is 18.9. The zero-order valence-electron chi connectivity index (χ0n) is 18.9. The third-order valence-corrected chi connectivity index (χ3v) is 6.37. The van der Waals surface area contributed by atoms with Crippen LogP contribution in [0.3, 0.4) is 0 Å². The first kappa shape index (κ1) is 22.8. The molecular formula is C24H22F3N5O3. The normalized spacial score (nSPS) is 19.6. The number of carbonyl (C=O) groups excluding carboxylic acids is 1. The van der Waals surface area contributed by atoms with Crippen molar-refractivity contribution in [3.63, 3.8) is 0 Å². The maximum atomic E-state index is 13.5. The predicted molar refractivity (Wildman–Crippen MR) is 121 cm³/mol. The molecule has 11 heteroatoms. The van der Waals surface area contributed by atoms with E-state index in [-0.39, 0.29) is 24.1 Å². The van der Waals surface area contributed by atoms with Crippen molar-refractivity contribution in [1.29, 1.82) is 0 Å². The number of ketones is 1. The molecule has 35 heavy (non-hydrogen) atoms. The molecule has 182 valence electrons. The molecule has 1 aliphatic heterocycles. The van der Waals surface area contributed by atoms with Crippen molar-refractivity contribution in [2.75, 3.05) is 25.3 Å². The summed E-state index contributed by atoms with van der Waals surface area (Å²) in [5.41, 5.74) is 7.52. The number of hydrogen-bond donors (Lipinski definition) is 2. The van der Waals surface area contributed by atoms with Crippen molar-refractivity contribution in [2.45, 2.75) is 31.0 Å². The summed E-state index contributed by atoms with van der Waals surface area (Å²) in [6.07, 6.45) is -3.76. The van der Waals surface area contributed by atoms with Crippen LogP contribution in [0.2, 0.25) is 0 Å². The van der Waals surface area contributed by atoms with E-state index < -0.39 is 17.8 Å². The second kappa shape index (κ2) is 8.33. The van der Waals surface area contributed by atoms with E-state index in [1.165, 1.54) is 16.8 Å². The zero-order chi connectivity index (χ0) is 24.9. The number of nitrogens with two attached hydrogens (primary N) is 1. The number of allylic oxidation sites excluding steroid dienone is 2. The van der Waals surface area contributed by atoms with Crippen molar-refractivity contribution in [3.05, 3.63) is 70.4 Å². The van der Waals surface area contributed by atoms with Gasteiger partial charge in [-0.15, -0.1) is 5.10 Å². The second-order valence-corrected chi connectivity index (χ2v) is 8.42. The molecule has 8 nitrogen and oxygen atoms in total. The van der Waals surface area contributed by atoms with Gasteiger partial charge in [-0.2, -0.15) is 18.2 Å². The molecule has 0 saturated carbocycles. The molecule has 0 amide bonds. The van der Waals surface area contributed by atoms with Crippen molar-refractivity contribution >= 4 is 17.7 Å². The first-order valence-electron chi connectivity index (χ1n) is 10.8. The number of fused-ring (bicyclic) bond motifs is 1. The average Bonchev–Trinajstić information content (AvgIpc) is 3.21. The number of ether oxygens (including phenoxy) is 2. The number of rotatable bonds is 4. The molecule has 5 rings (SSSR count). The van der Waals surface area contributed by atoms with Gasteiger partial charge < -0.3 is 20.5 Å². The highest BCUT2D eigenvalue weighted by Crippen LogP contribution is 2.45. The van der Waals surface area contributed by atoms with Gasteiger partial charge in [-0.3, -0.25) is 4.79 Å². The van der Waals surface area contributed by atoms with Gasteiger partial charge in [-0.05, 0) is 47.7 Å². The largest absolute Gasteiger partial charge is 0.493 e. The van der Waals surface area contributed by atoms with Gasteiger partial charge in [-0.25, -0.2) is 4.68 Å². The average molecular weight is 485 g/mol. The van der Waals surface area contributed by atoms with Crippen LogP contribution in [0.25, 0.3) is 0 Å². The standard InChI is InChI=1S/C24H22F3N5O3/c1-34-18-8-5-13(11-19(18)35-2)14-9-16-20(17(33)10-14)21(32-23(29-16)30-22(28)31-32)12-3-6-15(7-4-12)24(25,26)27/h3-8,11,14,21H,9-10H2,1-2H3,(H3,28,29,30,31)/t14-,21-/m1/s1. The number of nitrogens with zero attached hydrogens (tertiary/aromatic N) is 3. The van der Waals surface area contributed by atoms with Crippen LogP contribution in [0.1, 0.15) is 41.5 Å². The number of nitrogen functional groups attached to an aromatic ring is 1. The van der Waals surface area contributed by atoms with Crippen molar-refractivity contribution in [2.24, 2.45) is 0 Å². The Hall–Kier alpha value is -4.02. The molecule has 2 aromatic carbocycles. The molecule has 2 aliphatic rings. The summed E-state index contributed by atoms with van der Waals surface area (Å²) in [5, 5.41) is 7.38. The Balaban J connectivity index is 1.55. The van der Waals surface area contributed by atoms with Crippen molar-refractivity contribution in [1.82, 2.24) is 14.8 Å². The highest BCUT2D eigenvalue weighted by atomic mass is 19.4. The van der Waals surface area contributed by atoms with E-state index in [4.69, 9.17) is 15.2 Å². The summed E-state index contributed by atoms with van der Waals surface area (Å²) >= 11 is 0. The molecule has 2 atom stereocenters. The summed E-state index contributed by atoms with van der Waals surface area (Å²) in [5.74, 6) is 1.18. The van der Waals surface area contributed by atoms with Crippen LogP contribution < -0.4 is 20.5 Å². The number of carbonyl (C=O) groups is 1. The first-order chi connectivity index (χ1) is 16.7. The molecule has 0 fully saturated rings. The van der Waals surface area contributed by atoms with E-state index in [0.29, 0.717) is 40.7 Å². The number of alkyl halides is 3. The van der Waals surface area contributed by atoms with Gasteiger partial charge in [0.25, 0.3) is 0 Å². The Morgan fingerprint density at radius 1 is 1.03 bits per heavy atom. The molecular weight excluding hydrogens is 463 g/mol. The van der Waals surface area contributed by atoms with Crippen molar-refractivity contribution in [3.8, 4) is 11.5 Å². The van der Waals surface area contributed by atoms with Gasteiger partial charge in [-0.1, -0.05) is 18.2 Å². The lowest BCUT2D eigenvalue weighted by Gasteiger charge is -2.35. The minimum atomic E-state index is -4.47. The van der Waals surface area contributed by atoms with Crippen LogP contribution in [0, 0.1) is 0 Å². The number of anilines is 2. The highest BCUT2D eigenvalue weighted by molar-refractivity contribution is 6.00. The lowest BCUT2D eigenvalue weighted by molar-refractivity contribution is -0.137. The Morgan fingerprint density at radius 2 is 1.71 bits per heavy atom. The molecule has 1 aliphatic carbocycles. The minimum Gasteiger partial charge on any atom is -0.493 e. The lowest BCUT2D eigenvalue weighted by atomic mass is 9.78. The summed E-state index contributed by atoms with van der Waals surface area (Å²) in [6, 6.07) is 9.50. The molecule has 0 bridgehead atoms. The van der Waals surface area contributed by atoms with Gasteiger partial charge in [0.05, 0.1) is 19.8 Å². The number of benzene rings is 2. The van der Waals surface area contributed by atoms with Crippen LogP contribution in [-0.4, -0.2) is 34.8 Å². The second-order valence-electron chi connectivity index (χ2n) is 8.42. The van der Waals surface area contributed by atoms with Crippen LogP contribution in [0.5, 0.6) is 11.5 Å². The van der Waals surface area contributed by atoms with Crippen LogP contribution >= 0.6 is 0 Å². The molecule has 3 N–H and O–H groups in total. The van der Waals surface area contributed by atoms with E-state index in [9.17, 15) is 18.0 Å². The number of hydrogen-bond acceptors (Lipinski definition) is 7. The summed E-state index contributed by atoms with van der Waals surface area (Å²) < 4.78 is 51.5. The molecule has 0 saturated heterocycles. The Kier molecular flexibility index (Phi) is 5.42. The summed E-state index contributed by atoms with van der Waals surface area (Å²) in [7, 11) is 3.09. The van der Waals surface area contributed by atoms with Gasteiger partial charge in [0.2, 0.25) is 11.9 Å². The Labute approximate surface area is 198 Å². The monoisotopic (exact) mass is 485 g/mol. The molecule has 0 unspecified atom stereocenters. The minimum absolute atomic E-state index is 0.00634. The maximum absolute atomic E-state index is 13.5. The first-order valence-corrected chi connectivity index (χ1v) is 10.8. The van der Waals surface area contributed by atoms with Gasteiger partial charge in [0.1, 0.15) is 6.04 Å². The molecule has 0 radical (unpaired) electrons. The molecule has 1 aromatic heterocycles. The third-order valence-electron chi connectivity index (χ3n) is 6.37. The summed E-state index contributed by atoms with van der Waals surface area (Å²) in [4.78, 5) is 17.7. The Bertz CT molecular complexity index is 1330. The quantitative estimate of drug-likeness (QED) is 0.567. The molecule has 0 spiro atoms. The topological polar surface area (TPSA) is 104 Å². The van der Waals surface area contributed by atoms with Gasteiger partial charge in [0, 0.05) is 17.7 Å². The van der Waals surface area contributed by atoms with Crippen LogP contribution in [0.4, 0.5) is 25.1 Å². The molecule has 2 heterocycles. The van der Waals surface area contributed by atoms with E-state index >= 15 is 0 Å². The lowest BCUT2D eigenvalue weighted by Crippen LogP contribution is -2.33. The maximum Gasteiger partial charge on any atom is 0.416 e. The highest BCUT2D eigenvalue weighted by Gasteiger charge is 2.40. The van der Waals surface area contributed by atoms with Crippen LogP contribution in [-0.2, 0) is 11.0 Å².